The van der Waals surface area contributed by atoms with E-state index in [0.29, 0.717) is 5.56 Å². The monoisotopic (exact) mass is 396 g/mol. The van der Waals surface area contributed by atoms with E-state index >= 15 is 0 Å². The lowest BCUT2D eigenvalue weighted by molar-refractivity contribution is -0.116. The van der Waals surface area contributed by atoms with Gasteiger partial charge in [0.05, 0.1) is 16.1 Å². The van der Waals surface area contributed by atoms with Crippen molar-refractivity contribution in [1.82, 2.24) is 5.32 Å². The van der Waals surface area contributed by atoms with Crippen LogP contribution in [0.4, 0.5) is 8.78 Å². The van der Waals surface area contributed by atoms with Crippen molar-refractivity contribution in [3.63, 3.8) is 0 Å². The van der Waals surface area contributed by atoms with Gasteiger partial charge in [-0.25, -0.2) is 0 Å². The molecule has 134 valence electrons. The van der Waals surface area contributed by atoms with E-state index in [9.17, 15) is 18.8 Å². The van der Waals surface area contributed by atoms with E-state index in [0.717, 1.165) is 6.08 Å². The first-order chi connectivity index (χ1) is 12.4. The molecular formula is C18H12Cl2F2N2O2. The molecule has 0 heterocycles. The lowest BCUT2D eigenvalue weighted by atomic mass is 10.1. The minimum absolute atomic E-state index is 0.0683. The molecular weight excluding hydrogens is 385 g/mol. The molecule has 0 aromatic heterocycles. The van der Waals surface area contributed by atoms with Crippen LogP contribution < -0.4 is 10.1 Å². The van der Waals surface area contributed by atoms with Crippen LogP contribution in [0.15, 0.2) is 48.5 Å². The molecule has 2 rings (SSSR count). The van der Waals surface area contributed by atoms with Crippen LogP contribution in [0.1, 0.15) is 17.2 Å². The average Bonchev–Trinajstić information content (AvgIpc) is 2.61. The normalized spacial score (nSPS) is 12.0. The molecule has 0 saturated heterocycles. The predicted molar refractivity (Wildman–Crippen MR) is 95.1 cm³/mol. The highest BCUT2D eigenvalue weighted by Crippen LogP contribution is 2.29. The zero-order valence-corrected chi connectivity index (χ0v) is 14.6. The lowest BCUT2D eigenvalue weighted by Crippen LogP contribution is -2.26. The SMILES string of the molecule is N#CC(NC(=O)/C=C/c1ccccc1OC(F)F)c1cccc(Cl)c1Cl. The highest BCUT2D eigenvalue weighted by molar-refractivity contribution is 6.42. The van der Waals surface area contributed by atoms with E-state index in [1.165, 1.54) is 24.3 Å². The van der Waals surface area contributed by atoms with Crippen LogP contribution in [0.2, 0.25) is 10.0 Å². The Hall–Kier alpha value is -2.62. The zero-order chi connectivity index (χ0) is 19.1. The van der Waals surface area contributed by atoms with Gasteiger partial charge in [-0.2, -0.15) is 14.0 Å². The number of amides is 1. The molecule has 2 aromatic carbocycles. The maximum atomic E-state index is 12.4. The molecule has 2 aromatic rings. The second-order valence-electron chi connectivity index (χ2n) is 4.96. The van der Waals surface area contributed by atoms with Gasteiger partial charge in [-0.05, 0) is 18.2 Å². The van der Waals surface area contributed by atoms with Crippen molar-refractivity contribution >= 4 is 35.2 Å². The minimum atomic E-state index is -2.98. The van der Waals surface area contributed by atoms with Gasteiger partial charge in [-0.15, -0.1) is 0 Å². The summed E-state index contributed by atoms with van der Waals surface area (Å²) < 4.78 is 29.2. The Balaban J connectivity index is 2.14. The number of nitrogens with one attached hydrogen (secondary N) is 1. The van der Waals surface area contributed by atoms with Gasteiger partial charge >= 0.3 is 6.61 Å². The summed E-state index contributed by atoms with van der Waals surface area (Å²) in [4.78, 5) is 12.1. The topological polar surface area (TPSA) is 62.1 Å². The Labute approximate surface area is 158 Å². The van der Waals surface area contributed by atoms with Gasteiger partial charge in [0.2, 0.25) is 5.91 Å². The number of rotatable bonds is 6. The Morgan fingerprint density at radius 1 is 1.19 bits per heavy atom. The van der Waals surface area contributed by atoms with E-state index in [-0.39, 0.29) is 21.4 Å². The van der Waals surface area contributed by atoms with Crippen molar-refractivity contribution < 1.29 is 18.3 Å². The predicted octanol–water partition coefficient (Wildman–Crippen LogP) is 4.99. The van der Waals surface area contributed by atoms with Crippen LogP contribution in [0.25, 0.3) is 6.08 Å². The number of nitriles is 1. The summed E-state index contributed by atoms with van der Waals surface area (Å²) in [6, 6.07) is 11.6. The zero-order valence-electron chi connectivity index (χ0n) is 13.1. The van der Waals surface area contributed by atoms with Crippen molar-refractivity contribution in [2.45, 2.75) is 12.7 Å². The fourth-order valence-corrected chi connectivity index (χ4v) is 2.52. The van der Waals surface area contributed by atoms with Gasteiger partial charge in [-0.3, -0.25) is 4.79 Å². The Bertz CT molecular complexity index is 867. The minimum Gasteiger partial charge on any atom is -0.434 e. The summed E-state index contributed by atoms with van der Waals surface area (Å²) >= 11 is 12.0. The van der Waals surface area contributed by atoms with Crippen molar-refractivity contribution in [1.29, 1.82) is 5.26 Å². The molecule has 0 radical (unpaired) electrons. The largest absolute Gasteiger partial charge is 0.434 e. The van der Waals surface area contributed by atoms with E-state index in [2.05, 4.69) is 10.1 Å². The van der Waals surface area contributed by atoms with Crippen LogP contribution >= 0.6 is 23.2 Å². The highest BCUT2D eigenvalue weighted by Gasteiger charge is 2.17. The van der Waals surface area contributed by atoms with Crippen LogP contribution in [0, 0.1) is 11.3 Å². The van der Waals surface area contributed by atoms with E-state index < -0.39 is 18.6 Å². The maximum Gasteiger partial charge on any atom is 0.387 e. The third-order valence-electron chi connectivity index (χ3n) is 3.26. The van der Waals surface area contributed by atoms with E-state index in [1.54, 1.807) is 24.3 Å². The number of nitrogens with zero attached hydrogens (tertiary/aromatic N) is 1. The van der Waals surface area contributed by atoms with Crippen molar-refractivity contribution in [3.8, 4) is 11.8 Å². The van der Waals surface area contributed by atoms with Gasteiger partial charge in [-0.1, -0.05) is 53.5 Å². The highest BCUT2D eigenvalue weighted by atomic mass is 35.5. The summed E-state index contributed by atoms with van der Waals surface area (Å²) in [5, 5.41) is 12.2. The molecule has 0 aliphatic rings. The number of hydrogen-bond donors (Lipinski definition) is 1. The smallest absolute Gasteiger partial charge is 0.387 e. The average molecular weight is 397 g/mol. The summed E-state index contributed by atoms with van der Waals surface area (Å²) in [5.74, 6) is -0.680. The number of ether oxygens (including phenoxy) is 1. The third-order valence-corrected chi connectivity index (χ3v) is 4.09. The number of carbonyl (C=O) groups excluding carboxylic acids is 1. The van der Waals surface area contributed by atoms with Gasteiger partial charge in [0, 0.05) is 17.2 Å². The first-order valence-electron chi connectivity index (χ1n) is 7.28. The molecule has 1 unspecified atom stereocenters. The fraction of sp³-hybridized carbons (Fsp3) is 0.111. The molecule has 4 nitrogen and oxygen atoms in total. The summed E-state index contributed by atoms with van der Waals surface area (Å²) in [6.07, 6.45) is 2.41. The van der Waals surface area contributed by atoms with Crippen molar-refractivity contribution in [2.24, 2.45) is 0 Å². The number of benzene rings is 2. The van der Waals surface area contributed by atoms with E-state index in [1.807, 2.05) is 6.07 Å². The van der Waals surface area contributed by atoms with Crippen LogP contribution in [0.5, 0.6) is 5.75 Å². The van der Waals surface area contributed by atoms with Gasteiger partial charge in [0.15, 0.2) is 0 Å². The second-order valence-corrected chi connectivity index (χ2v) is 5.75. The quantitative estimate of drug-likeness (QED) is 0.699. The molecule has 0 aliphatic carbocycles. The van der Waals surface area contributed by atoms with Gasteiger partial charge in [0.1, 0.15) is 11.8 Å². The standard InChI is InChI=1S/C18H12Cl2F2N2O2/c19-13-6-3-5-12(17(13)20)14(10-23)24-16(25)9-8-11-4-1-2-7-15(11)26-18(21)22/h1-9,14,18H,(H,24,25)/b9-8+. The summed E-state index contributed by atoms with van der Waals surface area (Å²) in [5.41, 5.74) is 0.641. The third kappa shape index (κ3) is 5.19. The van der Waals surface area contributed by atoms with Gasteiger partial charge in [0.25, 0.3) is 0 Å². The number of hydrogen-bond acceptors (Lipinski definition) is 3. The molecule has 0 saturated carbocycles. The molecule has 1 atom stereocenters. The Morgan fingerprint density at radius 3 is 2.62 bits per heavy atom. The first-order valence-corrected chi connectivity index (χ1v) is 8.04. The molecule has 1 amide bonds. The maximum absolute atomic E-state index is 12.4. The van der Waals surface area contributed by atoms with E-state index in [4.69, 9.17) is 23.2 Å². The summed E-state index contributed by atoms with van der Waals surface area (Å²) in [7, 11) is 0. The molecule has 1 N–H and O–H groups in total. The molecule has 0 spiro atoms. The van der Waals surface area contributed by atoms with Gasteiger partial charge < -0.3 is 10.1 Å². The first kappa shape index (κ1) is 19.7. The van der Waals surface area contributed by atoms with Crippen molar-refractivity contribution in [2.75, 3.05) is 0 Å². The van der Waals surface area contributed by atoms with Crippen molar-refractivity contribution in [3.05, 3.63) is 69.7 Å². The van der Waals surface area contributed by atoms with Crippen LogP contribution in [-0.2, 0) is 4.79 Å². The number of halogens is 4. The molecule has 0 bridgehead atoms. The second kappa shape index (κ2) is 9.18. The van der Waals surface area contributed by atoms with Crippen LogP contribution in [0.3, 0.4) is 0 Å². The Kier molecular flexibility index (Phi) is 6.96. The number of alkyl halides is 2. The summed E-state index contributed by atoms with van der Waals surface area (Å²) in [6.45, 7) is -2.98. The molecule has 0 fully saturated rings. The molecule has 26 heavy (non-hydrogen) atoms. The van der Waals surface area contributed by atoms with Crippen LogP contribution in [-0.4, -0.2) is 12.5 Å². The number of para-hydroxylation sites is 1. The molecule has 8 heteroatoms. The number of carbonyl (C=O) groups is 1. The Morgan fingerprint density at radius 2 is 1.92 bits per heavy atom. The lowest BCUT2D eigenvalue weighted by Gasteiger charge is -2.13. The molecule has 0 aliphatic heterocycles. The fourth-order valence-electron chi connectivity index (χ4n) is 2.10.